The van der Waals surface area contributed by atoms with E-state index in [4.69, 9.17) is 0 Å². The summed E-state index contributed by atoms with van der Waals surface area (Å²) in [6.07, 6.45) is -2.66. The van der Waals surface area contributed by atoms with Crippen molar-refractivity contribution in [1.29, 1.82) is 0 Å². The van der Waals surface area contributed by atoms with E-state index in [9.17, 15) is 13.2 Å². The van der Waals surface area contributed by atoms with Gasteiger partial charge in [0.05, 0.1) is 10.0 Å². The summed E-state index contributed by atoms with van der Waals surface area (Å²) < 4.78 is 38.0. The number of hydrogen-bond acceptors (Lipinski definition) is 2. The lowest BCUT2D eigenvalue weighted by molar-refractivity contribution is -0.137. The summed E-state index contributed by atoms with van der Waals surface area (Å²) in [5.41, 5.74) is -0.646. The summed E-state index contributed by atoms with van der Waals surface area (Å²) in [5, 5.41) is 0.720. The van der Waals surface area contributed by atoms with Crippen molar-refractivity contribution in [2.75, 3.05) is 0 Å². The first-order chi connectivity index (χ1) is 8.47. The topological polar surface area (TPSA) is 12.9 Å². The summed E-state index contributed by atoms with van der Waals surface area (Å²) in [6.45, 7) is 0. The van der Waals surface area contributed by atoms with Crippen LogP contribution in [0.4, 0.5) is 13.2 Å². The number of aromatic nitrogens is 1. The number of halogens is 4. The molecule has 0 spiro atoms. The Morgan fingerprint density at radius 1 is 1.06 bits per heavy atom. The molecule has 1 heterocycles. The molecule has 0 saturated carbocycles. The predicted octanol–water partition coefficient (Wildman–Crippen LogP) is 5.01. The fourth-order valence-corrected chi connectivity index (χ4v) is 2.54. The summed E-state index contributed by atoms with van der Waals surface area (Å²) in [6, 6.07) is 8.63. The van der Waals surface area contributed by atoms with Crippen LogP contribution in [0.5, 0.6) is 0 Å². The highest BCUT2D eigenvalue weighted by Gasteiger charge is 2.29. The molecule has 1 nitrogen and oxygen atoms in total. The van der Waals surface area contributed by atoms with Gasteiger partial charge in [0, 0.05) is 11.1 Å². The van der Waals surface area contributed by atoms with Gasteiger partial charge in [0.1, 0.15) is 5.03 Å². The molecular formula is C12H7BrF3NS. The molecule has 0 amide bonds. The summed E-state index contributed by atoms with van der Waals surface area (Å²) >= 11 is 4.64. The van der Waals surface area contributed by atoms with Gasteiger partial charge in [-0.15, -0.1) is 0 Å². The maximum Gasteiger partial charge on any atom is 0.416 e. The van der Waals surface area contributed by atoms with Crippen molar-refractivity contribution in [2.24, 2.45) is 0 Å². The zero-order valence-electron chi connectivity index (χ0n) is 8.91. The van der Waals surface area contributed by atoms with Gasteiger partial charge in [0.2, 0.25) is 0 Å². The third-order valence-electron chi connectivity index (χ3n) is 2.12. The van der Waals surface area contributed by atoms with Crippen molar-refractivity contribution < 1.29 is 13.2 Å². The minimum absolute atomic E-state index is 0.646. The molecule has 0 N–H and O–H groups in total. The zero-order chi connectivity index (χ0) is 13.2. The molecule has 1 aromatic heterocycles. The Hall–Kier alpha value is -1.01. The van der Waals surface area contributed by atoms with Gasteiger partial charge in [0.25, 0.3) is 0 Å². The van der Waals surface area contributed by atoms with E-state index in [0.29, 0.717) is 4.90 Å². The number of hydrogen-bond donors (Lipinski definition) is 0. The van der Waals surface area contributed by atoms with Gasteiger partial charge in [-0.25, -0.2) is 4.98 Å². The number of nitrogens with zero attached hydrogens (tertiary/aromatic N) is 1. The van der Waals surface area contributed by atoms with Crippen LogP contribution in [0.2, 0.25) is 0 Å². The van der Waals surface area contributed by atoms with Gasteiger partial charge in [0.15, 0.2) is 0 Å². The van der Waals surface area contributed by atoms with E-state index in [1.807, 2.05) is 6.07 Å². The minimum atomic E-state index is -4.30. The van der Waals surface area contributed by atoms with Crippen molar-refractivity contribution in [3.8, 4) is 0 Å². The van der Waals surface area contributed by atoms with E-state index in [1.165, 1.54) is 23.9 Å². The van der Waals surface area contributed by atoms with Gasteiger partial charge >= 0.3 is 6.18 Å². The summed E-state index contributed by atoms with van der Waals surface area (Å²) in [7, 11) is 0. The van der Waals surface area contributed by atoms with E-state index in [-0.39, 0.29) is 0 Å². The molecule has 0 aliphatic heterocycles. The number of benzene rings is 1. The van der Waals surface area contributed by atoms with Crippen molar-refractivity contribution in [3.05, 3.63) is 52.6 Å². The monoisotopic (exact) mass is 333 g/mol. The van der Waals surface area contributed by atoms with Crippen LogP contribution >= 0.6 is 27.7 Å². The normalized spacial score (nSPS) is 11.6. The molecule has 0 atom stereocenters. The molecule has 94 valence electrons. The van der Waals surface area contributed by atoms with Gasteiger partial charge < -0.3 is 0 Å². The molecule has 6 heteroatoms. The Balaban J connectivity index is 2.19. The SMILES string of the molecule is FC(F)(F)c1ccc(Sc2ncccc2Br)cc1. The van der Waals surface area contributed by atoms with Crippen LogP contribution in [-0.4, -0.2) is 4.98 Å². The van der Waals surface area contributed by atoms with Gasteiger partial charge in [-0.05, 0) is 52.3 Å². The first-order valence-corrected chi connectivity index (χ1v) is 6.53. The first-order valence-electron chi connectivity index (χ1n) is 4.92. The van der Waals surface area contributed by atoms with E-state index < -0.39 is 11.7 Å². The highest BCUT2D eigenvalue weighted by atomic mass is 79.9. The fourth-order valence-electron chi connectivity index (χ4n) is 1.27. The second-order valence-electron chi connectivity index (χ2n) is 3.41. The Kier molecular flexibility index (Phi) is 3.97. The van der Waals surface area contributed by atoms with E-state index in [1.54, 1.807) is 12.3 Å². The average molecular weight is 334 g/mol. The van der Waals surface area contributed by atoms with Crippen LogP contribution in [0.15, 0.2) is 57.0 Å². The Morgan fingerprint density at radius 3 is 2.28 bits per heavy atom. The lowest BCUT2D eigenvalue weighted by Crippen LogP contribution is -2.03. The van der Waals surface area contributed by atoms with Crippen molar-refractivity contribution in [2.45, 2.75) is 16.1 Å². The van der Waals surface area contributed by atoms with Gasteiger partial charge in [-0.1, -0.05) is 11.8 Å². The second-order valence-corrected chi connectivity index (χ2v) is 5.33. The molecule has 0 radical (unpaired) electrons. The largest absolute Gasteiger partial charge is 0.416 e. The predicted molar refractivity (Wildman–Crippen MR) is 67.5 cm³/mol. The molecule has 2 rings (SSSR count). The minimum Gasteiger partial charge on any atom is -0.248 e. The van der Waals surface area contributed by atoms with Crippen LogP contribution < -0.4 is 0 Å². The number of rotatable bonds is 2. The fraction of sp³-hybridized carbons (Fsp3) is 0.0833. The molecule has 18 heavy (non-hydrogen) atoms. The van der Waals surface area contributed by atoms with Crippen molar-refractivity contribution >= 4 is 27.7 Å². The molecule has 0 aliphatic rings. The first kappa shape index (κ1) is 13.4. The quantitative estimate of drug-likeness (QED) is 0.765. The lowest BCUT2D eigenvalue weighted by Gasteiger charge is -2.07. The van der Waals surface area contributed by atoms with Crippen LogP contribution in [0.3, 0.4) is 0 Å². The number of alkyl halides is 3. The van der Waals surface area contributed by atoms with E-state index in [0.717, 1.165) is 21.6 Å². The molecule has 0 fully saturated rings. The lowest BCUT2D eigenvalue weighted by atomic mass is 10.2. The molecule has 0 bridgehead atoms. The second kappa shape index (κ2) is 5.32. The molecular weight excluding hydrogens is 327 g/mol. The molecule has 0 unspecified atom stereocenters. The highest BCUT2D eigenvalue weighted by molar-refractivity contribution is 9.10. The molecule has 1 aromatic carbocycles. The number of pyridine rings is 1. The Labute approximate surface area is 115 Å². The maximum absolute atomic E-state index is 12.4. The smallest absolute Gasteiger partial charge is 0.248 e. The third kappa shape index (κ3) is 3.26. The van der Waals surface area contributed by atoms with Gasteiger partial charge in [-0.3, -0.25) is 0 Å². The average Bonchev–Trinajstić information content (AvgIpc) is 2.32. The molecule has 2 aromatic rings. The van der Waals surface area contributed by atoms with Crippen LogP contribution in [0.25, 0.3) is 0 Å². The van der Waals surface area contributed by atoms with E-state index >= 15 is 0 Å². The standard InChI is InChI=1S/C12H7BrF3NS/c13-10-2-1-7-17-11(10)18-9-5-3-8(4-6-9)12(14,15)16/h1-7H. The maximum atomic E-state index is 12.4. The summed E-state index contributed by atoms with van der Waals surface area (Å²) in [4.78, 5) is 4.85. The highest BCUT2D eigenvalue weighted by Crippen LogP contribution is 2.34. The van der Waals surface area contributed by atoms with Gasteiger partial charge in [-0.2, -0.15) is 13.2 Å². The third-order valence-corrected chi connectivity index (χ3v) is 4.05. The Bertz CT molecular complexity index is 540. The zero-order valence-corrected chi connectivity index (χ0v) is 11.3. The van der Waals surface area contributed by atoms with Crippen LogP contribution in [0.1, 0.15) is 5.56 Å². The van der Waals surface area contributed by atoms with Crippen LogP contribution in [-0.2, 0) is 6.18 Å². The van der Waals surface area contributed by atoms with Crippen LogP contribution in [0, 0.1) is 0 Å². The molecule has 0 saturated heterocycles. The van der Waals surface area contributed by atoms with Crippen molar-refractivity contribution in [1.82, 2.24) is 4.98 Å². The molecule has 0 aliphatic carbocycles. The summed E-state index contributed by atoms with van der Waals surface area (Å²) in [5.74, 6) is 0. The van der Waals surface area contributed by atoms with Crippen molar-refractivity contribution in [3.63, 3.8) is 0 Å². The Morgan fingerprint density at radius 2 is 1.72 bits per heavy atom. The van der Waals surface area contributed by atoms with E-state index in [2.05, 4.69) is 20.9 Å².